The number of ether oxygens (including phenoxy) is 1. The average Bonchev–Trinajstić information content (AvgIpc) is 2.82. The van der Waals surface area contributed by atoms with Crippen molar-refractivity contribution in [1.82, 2.24) is 0 Å². The van der Waals surface area contributed by atoms with Gasteiger partial charge in [-0.15, -0.1) is 11.8 Å². The van der Waals surface area contributed by atoms with Gasteiger partial charge in [0.1, 0.15) is 17.7 Å². The van der Waals surface area contributed by atoms with Crippen LogP contribution in [0.5, 0.6) is 5.75 Å². The lowest BCUT2D eigenvalue weighted by atomic mass is 10.1. The van der Waals surface area contributed by atoms with Gasteiger partial charge < -0.3 is 10.5 Å². The molecular formula is C16H16FNOS. The number of rotatable bonds is 3. The highest BCUT2D eigenvalue weighted by molar-refractivity contribution is 7.99. The van der Waals surface area contributed by atoms with Crippen molar-refractivity contribution in [2.24, 2.45) is 0 Å². The molecule has 4 heteroatoms. The fraction of sp³-hybridized carbons (Fsp3) is 0.250. The van der Waals surface area contributed by atoms with Crippen molar-refractivity contribution < 1.29 is 9.13 Å². The van der Waals surface area contributed by atoms with E-state index in [4.69, 9.17) is 10.5 Å². The molecule has 1 aliphatic rings. The molecular weight excluding hydrogens is 273 g/mol. The molecule has 1 heterocycles. The van der Waals surface area contributed by atoms with E-state index in [0.717, 1.165) is 22.8 Å². The molecule has 0 aromatic heterocycles. The zero-order chi connectivity index (χ0) is 14.1. The molecule has 0 bridgehead atoms. The van der Waals surface area contributed by atoms with Gasteiger partial charge in [-0.05, 0) is 36.8 Å². The second kappa shape index (κ2) is 5.37. The number of fused-ring (bicyclic) bond motifs is 1. The highest BCUT2D eigenvalue weighted by atomic mass is 32.2. The standard InChI is InChI=1S/C16H16FNOS/c1-10-2-5-16-11(6-10)7-12(19-16)9-20-13-3-4-15(18)14(17)8-13/h2-6,8,12H,7,9,18H2,1H3. The monoisotopic (exact) mass is 289 g/mol. The minimum absolute atomic E-state index is 0.150. The Labute approximate surface area is 122 Å². The maximum atomic E-state index is 13.4. The van der Waals surface area contributed by atoms with Crippen LogP contribution in [0.1, 0.15) is 11.1 Å². The van der Waals surface area contributed by atoms with E-state index in [2.05, 4.69) is 19.1 Å². The molecule has 2 aromatic carbocycles. The summed E-state index contributed by atoms with van der Waals surface area (Å²) in [7, 11) is 0. The van der Waals surface area contributed by atoms with Crippen LogP contribution >= 0.6 is 11.8 Å². The van der Waals surface area contributed by atoms with Crippen molar-refractivity contribution in [2.45, 2.75) is 24.3 Å². The number of aryl methyl sites for hydroxylation is 1. The smallest absolute Gasteiger partial charge is 0.147 e. The number of hydrogen-bond donors (Lipinski definition) is 1. The van der Waals surface area contributed by atoms with Gasteiger partial charge in [-0.3, -0.25) is 0 Å². The quantitative estimate of drug-likeness (QED) is 0.689. The van der Waals surface area contributed by atoms with Gasteiger partial charge >= 0.3 is 0 Å². The van der Waals surface area contributed by atoms with E-state index in [-0.39, 0.29) is 17.6 Å². The largest absolute Gasteiger partial charge is 0.489 e. The lowest BCUT2D eigenvalue weighted by Crippen LogP contribution is -2.15. The van der Waals surface area contributed by atoms with Crippen LogP contribution in [0.4, 0.5) is 10.1 Å². The lowest BCUT2D eigenvalue weighted by Gasteiger charge is -2.10. The van der Waals surface area contributed by atoms with Crippen LogP contribution in [0, 0.1) is 12.7 Å². The van der Waals surface area contributed by atoms with E-state index < -0.39 is 0 Å². The number of anilines is 1. The molecule has 3 rings (SSSR count). The molecule has 0 amide bonds. The minimum Gasteiger partial charge on any atom is -0.489 e. The molecule has 0 aliphatic carbocycles. The Hall–Kier alpha value is -1.68. The molecule has 0 radical (unpaired) electrons. The Kier molecular flexibility index (Phi) is 3.57. The van der Waals surface area contributed by atoms with Crippen molar-refractivity contribution in [3.63, 3.8) is 0 Å². The third kappa shape index (κ3) is 2.75. The Morgan fingerprint density at radius 2 is 2.15 bits per heavy atom. The van der Waals surface area contributed by atoms with Crippen LogP contribution in [0.15, 0.2) is 41.3 Å². The zero-order valence-electron chi connectivity index (χ0n) is 11.2. The lowest BCUT2D eigenvalue weighted by molar-refractivity contribution is 0.259. The molecule has 104 valence electrons. The summed E-state index contributed by atoms with van der Waals surface area (Å²) < 4.78 is 19.3. The van der Waals surface area contributed by atoms with E-state index in [0.29, 0.717) is 0 Å². The normalized spacial score (nSPS) is 16.8. The molecule has 1 unspecified atom stereocenters. The highest BCUT2D eigenvalue weighted by Crippen LogP contribution is 2.32. The number of halogens is 1. The fourth-order valence-corrected chi connectivity index (χ4v) is 3.24. The summed E-state index contributed by atoms with van der Waals surface area (Å²) in [4.78, 5) is 0.882. The van der Waals surface area contributed by atoms with Gasteiger partial charge in [-0.25, -0.2) is 4.39 Å². The summed E-state index contributed by atoms with van der Waals surface area (Å²) in [6.07, 6.45) is 1.07. The minimum atomic E-state index is -0.360. The first-order chi connectivity index (χ1) is 9.61. The maximum absolute atomic E-state index is 13.4. The van der Waals surface area contributed by atoms with E-state index in [1.54, 1.807) is 17.8 Å². The molecule has 0 saturated heterocycles. The number of thioether (sulfide) groups is 1. The molecule has 2 nitrogen and oxygen atoms in total. The van der Waals surface area contributed by atoms with Gasteiger partial charge in [-0.1, -0.05) is 17.7 Å². The first-order valence-corrected chi connectivity index (χ1v) is 7.54. The number of hydrogen-bond acceptors (Lipinski definition) is 3. The molecule has 20 heavy (non-hydrogen) atoms. The topological polar surface area (TPSA) is 35.2 Å². The van der Waals surface area contributed by atoms with Gasteiger partial charge in [0.2, 0.25) is 0 Å². The Morgan fingerprint density at radius 1 is 1.30 bits per heavy atom. The summed E-state index contributed by atoms with van der Waals surface area (Å²) >= 11 is 1.59. The Balaban J connectivity index is 1.62. The Bertz CT molecular complexity index is 644. The van der Waals surface area contributed by atoms with Crippen molar-refractivity contribution in [3.05, 3.63) is 53.3 Å². The summed E-state index contributed by atoms with van der Waals surface area (Å²) in [6, 6.07) is 11.2. The first-order valence-electron chi connectivity index (χ1n) is 6.56. The van der Waals surface area contributed by atoms with E-state index >= 15 is 0 Å². The van der Waals surface area contributed by atoms with Gasteiger partial charge in [0.05, 0.1) is 5.69 Å². The molecule has 0 saturated carbocycles. The first kappa shape index (κ1) is 13.3. The number of nitrogen functional groups attached to an aromatic ring is 1. The second-order valence-corrected chi connectivity index (χ2v) is 6.14. The SMILES string of the molecule is Cc1ccc2c(c1)CC(CSc1ccc(N)c(F)c1)O2. The van der Waals surface area contributed by atoms with E-state index in [9.17, 15) is 4.39 Å². The third-order valence-corrected chi connectivity index (χ3v) is 4.49. The molecule has 1 aliphatic heterocycles. The molecule has 2 N–H and O–H groups in total. The van der Waals surface area contributed by atoms with Crippen LogP contribution in [0.2, 0.25) is 0 Å². The average molecular weight is 289 g/mol. The maximum Gasteiger partial charge on any atom is 0.147 e. The second-order valence-electron chi connectivity index (χ2n) is 5.05. The summed E-state index contributed by atoms with van der Waals surface area (Å²) in [6.45, 7) is 2.08. The third-order valence-electron chi connectivity index (χ3n) is 3.37. The van der Waals surface area contributed by atoms with Crippen molar-refractivity contribution in [3.8, 4) is 5.75 Å². The van der Waals surface area contributed by atoms with Gasteiger partial charge in [0.15, 0.2) is 0 Å². The summed E-state index contributed by atoms with van der Waals surface area (Å²) in [5.74, 6) is 1.42. The van der Waals surface area contributed by atoms with Crippen LogP contribution in [-0.2, 0) is 6.42 Å². The van der Waals surface area contributed by atoms with Crippen molar-refractivity contribution >= 4 is 17.4 Å². The Morgan fingerprint density at radius 3 is 2.95 bits per heavy atom. The summed E-state index contributed by atoms with van der Waals surface area (Å²) in [5.41, 5.74) is 8.17. The van der Waals surface area contributed by atoms with Gasteiger partial charge in [-0.2, -0.15) is 0 Å². The predicted molar refractivity (Wildman–Crippen MR) is 80.8 cm³/mol. The van der Waals surface area contributed by atoms with E-state index in [1.165, 1.54) is 17.2 Å². The van der Waals surface area contributed by atoms with Crippen LogP contribution in [-0.4, -0.2) is 11.9 Å². The van der Waals surface area contributed by atoms with Crippen LogP contribution in [0.25, 0.3) is 0 Å². The zero-order valence-corrected chi connectivity index (χ0v) is 12.0. The summed E-state index contributed by atoms with van der Waals surface area (Å²) in [5, 5.41) is 0. The number of nitrogens with two attached hydrogens (primary N) is 1. The fourth-order valence-electron chi connectivity index (χ4n) is 2.33. The van der Waals surface area contributed by atoms with Crippen LogP contribution in [0.3, 0.4) is 0 Å². The van der Waals surface area contributed by atoms with Crippen molar-refractivity contribution in [2.75, 3.05) is 11.5 Å². The molecule has 0 fully saturated rings. The molecule has 1 atom stereocenters. The van der Waals surface area contributed by atoms with E-state index in [1.807, 2.05) is 12.1 Å². The molecule has 0 spiro atoms. The highest BCUT2D eigenvalue weighted by Gasteiger charge is 2.22. The number of benzene rings is 2. The molecule has 2 aromatic rings. The van der Waals surface area contributed by atoms with Gasteiger partial charge in [0, 0.05) is 17.1 Å². The van der Waals surface area contributed by atoms with Crippen LogP contribution < -0.4 is 10.5 Å². The predicted octanol–water partition coefficient (Wildman–Crippen LogP) is 3.81. The van der Waals surface area contributed by atoms with Crippen molar-refractivity contribution in [1.29, 1.82) is 0 Å². The van der Waals surface area contributed by atoms with Gasteiger partial charge in [0.25, 0.3) is 0 Å².